The molecule has 1 heterocycles. The van der Waals surface area contributed by atoms with Crippen LogP contribution in [0.5, 0.6) is 0 Å². The van der Waals surface area contributed by atoms with E-state index in [4.69, 9.17) is 9.78 Å². The second-order valence-electron chi connectivity index (χ2n) is 3.63. The van der Waals surface area contributed by atoms with Gasteiger partial charge in [-0.25, -0.2) is 9.78 Å². The van der Waals surface area contributed by atoms with Gasteiger partial charge in [-0.1, -0.05) is 25.0 Å². The minimum atomic E-state index is 0.308. The van der Waals surface area contributed by atoms with Crippen LogP contribution in [0, 0.1) is 5.92 Å². The molecule has 0 N–H and O–H groups in total. The standard InChI is InChI=1S/C10H16O2/c1-2-5-9-6-4-7-10(9)12-11-8-3-1/h4,6,9-10H,1-3,5,7-8H2. The predicted octanol–water partition coefficient (Wildman–Crippen LogP) is 2.45. The van der Waals surface area contributed by atoms with Crippen molar-refractivity contribution in [3.05, 3.63) is 12.2 Å². The van der Waals surface area contributed by atoms with E-state index in [-0.39, 0.29) is 0 Å². The van der Waals surface area contributed by atoms with Crippen LogP contribution >= 0.6 is 0 Å². The van der Waals surface area contributed by atoms with Crippen LogP contribution in [0.4, 0.5) is 0 Å². The van der Waals surface area contributed by atoms with Crippen molar-refractivity contribution < 1.29 is 9.78 Å². The molecular formula is C10H16O2. The lowest BCUT2D eigenvalue weighted by Crippen LogP contribution is -2.18. The summed E-state index contributed by atoms with van der Waals surface area (Å²) in [6, 6.07) is 0. The van der Waals surface area contributed by atoms with Crippen molar-refractivity contribution in [2.75, 3.05) is 6.61 Å². The molecule has 0 aromatic rings. The maximum Gasteiger partial charge on any atom is 0.103 e. The van der Waals surface area contributed by atoms with E-state index in [0.717, 1.165) is 19.4 Å². The highest BCUT2D eigenvalue weighted by atomic mass is 17.2. The highest BCUT2D eigenvalue weighted by molar-refractivity contribution is 5.01. The first-order chi connectivity index (χ1) is 5.97. The van der Waals surface area contributed by atoms with Gasteiger partial charge in [-0.15, -0.1) is 0 Å². The molecule has 0 radical (unpaired) electrons. The van der Waals surface area contributed by atoms with Crippen molar-refractivity contribution in [2.45, 2.75) is 38.2 Å². The lowest BCUT2D eigenvalue weighted by atomic mass is 9.99. The van der Waals surface area contributed by atoms with E-state index in [9.17, 15) is 0 Å². The smallest absolute Gasteiger partial charge is 0.103 e. The number of hydrogen-bond donors (Lipinski definition) is 0. The maximum absolute atomic E-state index is 5.32. The Morgan fingerprint density at radius 2 is 2.17 bits per heavy atom. The lowest BCUT2D eigenvalue weighted by molar-refractivity contribution is -0.327. The Labute approximate surface area is 73.5 Å². The summed E-state index contributed by atoms with van der Waals surface area (Å²) < 4.78 is 0. The van der Waals surface area contributed by atoms with E-state index in [0.29, 0.717) is 12.0 Å². The topological polar surface area (TPSA) is 18.5 Å². The Balaban J connectivity index is 1.90. The summed E-state index contributed by atoms with van der Waals surface area (Å²) in [6.45, 7) is 0.767. The molecule has 68 valence electrons. The molecule has 12 heavy (non-hydrogen) atoms. The van der Waals surface area contributed by atoms with Gasteiger partial charge in [0.05, 0.1) is 6.61 Å². The molecule has 2 rings (SSSR count). The predicted molar refractivity (Wildman–Crippen MR) is 46.5 cm³/mol. The van der Waals surface area contributed by atoms with Gasteiger partial charge in [0.2, 0.25) is 0 Å². The highest BCUT2D eigenvalue weighted by Crippen LogP contribution is 2.27. The summed E-state index contributed by atoms with van der Waals surface area (Å²) in [5.41, 5.74) is 0. The molecule has 0 saturated carbocycles. The van der Waals surface area contributed by atoms with Crippen molar-refractivity contribution in [3.63, 3.8) is 0 Å². The summed E-state index contributed by atoms with van der Waals surface area (Å²) in [4.78, 5) is 10.5. The van der Waals surface area contributed by atoms with Gasteiger partial charge in [-0.05, 0) is 19.3 Å². The first-order valence-corrected chi connectivity index (χ1v) is 4.92. The number of rotatable bonds is 0. The van der Waals surface area contributed by atoms with E-state index < -0.39 is 0 Å². The monoisotopic (exact) mass is 168 g/mol. The van der Waals surface area contributed by atoms with E-state index in [1.165, 1.54) is 19.3 Å². The first-order valence-electron chi connectivity index (χ1n) is 4.92. The molecule has 2 nitrogen and oxygen atoms in total. The Bertz CT molecular complexity index is 165. The Hall–Kier alpha value is -0.340. The van der Waals surface area contributed by atoms with Gasteiger partial charge in [0.1, 0.15) is 6.10 Å². The van der Waals surface area contributed by atoms with Crippen LogP contribution in [0.15, 0.2) is 12.2 Å². The second-order valence-corrected chi connectivity index (χ2v) is 3.63. The zero-order valence-electron chi connectivity index (χ0n) is 7.37. The third kappa shape index (κ3) is 1.87. The zero-order chi connectivity index (χ0) is 8.23. The quantitative estimate of drug-likeness (QED) is 0.408. The third-order valence-electron chi connectivity index (χ3n) is 2.69. The van der Waals surface area contributed by atoms with Gasteiger partial charge >= 0.3 is 0 Å². The van der Waals surface area contributed by atoms with Crippen LogP contribution in [0.1, 0.15) is 32.1 Å². The summed E-state index contributed by atoms with van der Waals surface area (Å²) in [6.07, 6.45) is 10.8. The van der Waals surface area contributed by atoms with Gasteiger partial charge < -0.3 is 0 Å². The summed E-state index contributed by atoms with van der Waals surface area (Å²) in [7, 11) is 0. The number of hydrogen-bond acceptors (Lipinski definition) is 2. The second kappa shape index (κ2) is 4.06. The minimum Gasteiger partial charge on any atom is -0.236 e. The summed E-state index contributed by atoms with van der Waals surface area (Å²) in [5, 5.41) is 0. The van der Waals surface area contributed by atoms with Crippen LogP contribution in [0.2, 0.25) is 0 Å². The first kappa shape index (κ1) is 8.27. The number of fused-ring (bicyclic) bond motifs is 1. The molecule has 2 atom stereocenters. The minimum absolute atomic E-state index is 0.308. The van der Waals surface area contributed by atoms with Crippen LogP contribution in [-0.4, -0.2) is 12.7 Å². The van der Waals surface area contributed by atoms with Crippen LogP contribution < -0.4 is 0 Å². The highest BCUT2D eigenvalue weighted by Gasteiger charge is 2.24. The Kier molecular flexibility index (Phi) is 2.79. The lowest BCUT2D eigenvalue weighted by Gasteiger charge is -2.16. The fraction of sp³-hybridized carbons (Fsp3) is 0.800. The molecule has 2 unspecified atom stereocenters. The summed E-state index contributed by atoms with van der Waals surface area (Å²) in [5.74, 6) is 0.614. The van der Waals surface area contributed by atoms with Gasteiger partial charge in [0.25, 0.3) is 0 Å². The molecule has 1 aliphatic heterocycles. The van der Waals surface area contributed by atoms with Crippen LogP contribution in [0.3, 0.4) is 0 Å². The van der Waals surface area contributed by atoms with Crippen molar-refractivity contribution in [3.8, 4) is 0 Å². The molecule has 0 bridgehead atoms. The van der Waals surface area contributed by atoms with E-state index >= 15 is 0 Å². The van der Waals surface area contributed by atoms with Crippen LogP contribution in [-0.2, 0) is 9.78 Å². The average molecular weight is 168 g/mol. The van der Waals surface area contributed by atoms with Crippen molar-refractivity contribution in [1.82, 2.24) is 0 Å². The zero-order valence-corrected chi connectivity index (χ0v) is 7.37. The maximum atomic E-state index is 5.32. The van der Waals surface area contributed by atoms with Gasteiger partial charge in [-0.3, -0.25) is 0 Å². The Morgan fingerprint density at radius 1 is 1.17 bits per heavy atom. The van der Waals surface area contributed by atoms with Crippen molar-refractivity contribution in [1.29, 1.82) is 0 Å². The van der Waals surface area contributed by atoms with Gasteiger partial charge in [0, 0.05) is 5.92 Å². The molecule has 2 aliphatic rings. The molecule has 1 saturated heterocycles. The normalized spacial score (nSPS) is 36.7. The van der Waals surface area contributed by atoms with Crippen molar-refractivity contribution in [2.24, 2.45) is 5.92 Å². The van der Waals surface area contributed by atoms with Crippen LogP contribution in [0.25, 0.3) is 0 Å². The molecule has 0 spiro atoms. The third-order valence-corrected chi connectivity index (χ3v) is 2.69. The fourth-order valence-corrected chi connectivity index (χ4v) is 1.93. The van der Waals surface area contributed by atoms with E-state index in [2.05, 4.69) is 12.2 Å². The molecule has 0 amide bonds. The fourth-order valence-electron chi connectivity index (χ4n) is 1.93. The molecule has 1 aliphatic carbocycles. The van der Waals surface area contributed by atoms with Gasteiger partial charge in [0.15, 0.2) is 0 Å². The molecule has 2 heteroatoms. The van der Waals surface area contributed by atoms with E-state index in [1.54, 1.807) is 0 Å². The van der Waals surface area contributed by atoms with Crippen molar-refractivity contribution >= 4 is 0 Å². The van der Waals surface area contributed by atoms with Gasteiger partial charge in [-0.2, -0.15) is 0 Å². The molecule has 0 aromatic heterocycles. The molecule has 1 fully saturated rings. The SMILES string of the molecule is C1=CC2CCCCCOOC2C1. The average Bonchev–Trinajstić information content (AvgIpc) is 2.50. The largest absolute Gasteiger partial charge is 0.236 e. The molecular weight excluding hydrogens is 152 g/mol. The Morgan fingerprint density at radius 3 is 3.17 bits per heavy atom. The van der Waals surface area contributed by atoms with E-state index in [1.807, 2.05) is 0 Å². The summed E-state index contributed by atoms with van der Waals surface area (Å²) >= 11 is 0. The molecule has 0 aromatic carbocycles.